The summed E-state index contributed by atoms with van der Waals surface area (Å²) in [6.07, 6.45) is 2.52. The summed E-state index contributed by atoms with van der Waals surface area (Å²) < 4.78 is 12.6. The number of esters is 2. The maximum Gasteiger partial charge on any atom is 0.372 e. The van der Waals surface area contributed by atoms with Crippen molar-refractivity contribution in [3.8, 4) is 20.9 Å². The monoisotopic (exact) mass is 735 g/mol. The summed E-state index contributed by atoms with van der Waals surface area (Å²) in [7, 11) is 0. The Labute approximate surface area is 312 Å². The van der Waals surface area contributed by atoms with Crippen LogP contribution in [-0.4, -0.2) is 65.5 Å². The quantitative estimate of drug-likeness (QED) is 0.101. The Morgan fingerprint density at radius 3 is 2.08 bits per heavy atom. The normalized spacial score (nSPS) is 21.4. The first kappa shape index (κ1) is 35.7. The zero-order valence-corrected chi connectivity index (χ0v) is 31.9. The molecule has 4 heterocycles. The van der Waals surface area contributed by atoms with Gasteiger partial charge in [0.2, 0.25) is 12.2 Å². The summed E-state index contributed by atoms with van der Waals surface area (Å²) in [5.74, 6) is -1.76. The van der Waals surface area contributed by atoms with Crippen LogP contribution in [0.25, 0.3) is 20.9 Å². The van der Waals surface area contributed by atoms with Crippen molar-refractivity contribution in [2.24, 2.45) is 5.92 Å². The fourth-order valence-corrected chi connectivity index (χ4v) is 9.18. The number of ketones is 1. The number of benzene rings is 2. The topological polar surface area (TPSA) is 96.2 Å². The minimum absolute atomic E-state index is 0.0190. The van der Waals surface area contributed by atoms with Crippen LogP contribution in [0, 0.1) is 5.92 Å². The Morgan fingerprint density at radius 1 is 0.865 bits per heavy atom. The van der Waals surface area contributed by atoms with E-state index in [4.69, 9.17) is 9.47 Å². The summed E-state index contributed by atoms with van der Waals surface area (Å²) in [6, 6.07) is 20.7. The summed E-state index contributed by atoms with van der Waals surface area (Å²) in [4.78, 5) is 44.1. The van der Waals surface area contributed by atoms with Gasteiger partial charge in [-0.3, -0.25) is 9.59 Å². The van der Waals surface area contributed by atoms with E-state index in [1.54, 1.807) is 42.6 Å². The Hall–Kier alpha value is -4.64. The van der Waals surface area contributed by atoms with E-state index in [2.05, 4.69) is 58.0 Å². The van der Waals surface area contributed by atoms with Gasteiger partial charge in [0, 0.05) is 49.8 Å². The molecule has 3 aliphatic rings. The second kappa shape index (κ2) is 13.7. The maximum atomic E-state index is 14.1. The first-order valence-electron chi connectivity index (χ1n) is 17.6. The van der Waals surface area contributed by atoms with Crippen LogP contribution in [-0.2, 0) is 34.7 Å². The van der Waals surface area contributed by atoms with Crippen molar-refractivity contribution in [3.63, 3.8) is 0 Å². The molecule has 7 rings (SSSR count). The van der Waals surface area contributed by atoms with Gasteiger partial charge in [-0.05, 0) is 91.5 Å². The van der Waals surface area contributed by atoms with Gasteiger partial charge in [0.1, 0.15) is 6.54 Å². The van der Waals surface area contributed by atoms with Gasteiger partial charge in [0.25, 0.3) is 0 Å². The molecule has 0 amide bonds. The lowest BCUT2D eigenvalue weighted by Gasteiger charge is -2.35. The molecule has 10 heteroatoms. The number of anilines is 1. The number of aliphatic hydroxyl groups excluding tert-OH is 1. The summed E-state index contributed by atoms with van der Waals surface area (Å²) >= 11 is 3.32. The van der Waals surface area contributed by atoms with Crippen LogP contribution in [0.15, 0.2) is 94.8 Å². The highest BCUT2D eigenvalue weighted by Gasteiger charge is 2.51. The van der Waals surface area contributed by atoms with E-state index in [0.717, 1.165) is 54.8 Å². The Bertz CT molecular complexity index is 2160. The summed E-state index contributed by atoms with van der Waals surface area (Å²) in [5.41, 5.74) is 6.59. The van der Waals surface area contributed by atoms with Gasteiger partial charge in [0.15, 0.2) is 11.5 Å². The minimum Gasteiger partial charge on any atom is -0.465 e. The Kier molecular flexibility index (Phi) is 9.44. The molecule has 1 saturated carbocycles. The lowest BCUT2D eigenvalue weighted by molar-refractivity contribution is -0.428. The number of hydrogen-bond donors (Lipinski definition) is 1. The largest absolute Gasteiger partial charge is 0.465 e. The van der Waals surface area contributed by atoms with Gasteiger partial charge in [-0.15, -0.1) is 22.7 Å². The van der Waals surface area contributed by atoms with Crippen molar-refractivity contribution in [2.75, 3.05) is 31.2 Å². The van der Waals surface area contributed by atoms with E-state index in [1.807, 2.05) is 56.6 Å². The third-order valence-electron chi connectivity index (χ3n) is 10.5. The highest BCUT2D eigenvalue weighted by molar-refractivity contribution is 7.13. The average molecular weight is 736 g/mol. The molecule has 2 aromatic carbocycles. The highest BCUT2D eigenvalue weighted by atomic mass is 32.1. The number of Topliss-reactive ketones (excluding diaryl/α,β-unsaturated/α-hetero) is 1. The van der Waals surface area contributed by atoms with Gasteiger partial charge in [-0.2, -0.15) is 4.58 Å². The molecule has 4 aromatic rings. The molecule has 0 radical (unpaired) electrons. The molecular weight excluding hydrogens is 693 g/mol. The first-order valence-corrected chi connectivity index (χ1v) is 19.4. The standard InChI is InChI=1S/C42H43N2O6S2/c1-7-49-37(45)23-43-31-15-13-25(33-11-9-17-51-33)19-29(31)41(3,4)35(43)21-27-39(47)28(40(27)48)22-36-42(5,6)30-20-26(34-12-10-18-52-34)14-16-32(30)44(36)24-38(46)50-8-2/h9-22,27,39,47H,7-8,23-24H2,1-6H3/q+1. The van der Waals surface area contributed by atoms with Crippen molar-refractivity contribution in [3.05, 3.63) is 106 Å². The van der Waals surface area contributed by atoms with Crippen LogP contribution < -0.4 is 4.90 Å². The Morgan fingerprint density at radius 2 is 1.48 bits per heavy atom. The van der Waals surface area contributed by atoms with Gasteiger partial charge >= 0.3 is 11.9 Å². The van der Waals surface area contributed by atoms with Crippen molar-refractivity contribution < 1.29 is 33.5 Å². The number of nitrogens with zero attached hydrogens (tertiary/aromatic N) is 2. The minimum atomic E-state index is -1.08. The molecule has 0 saturated heterocycles. The number of carbonyl (C=O) groups is 3. The smallest absolute Gasteiger partial charge is 0.372 e. The van der Waals surface area contributed by atoms with Gasteiger partial charge in [-0.25, -0.2) is 4.79 Å². The van der Waals surface area contributed by atoms with Crippen molar-refractivity contribution in [1.82, 2.24) is 0 Å². The van der Waals surface area contributed by atoms with Crippen LogP contribution in [0.2, 0.25) is 0 Å². The first-order chi connectivity index (χ1) is 24.9. The predicted molar refractivity (Wildman–Crippen MR) is 207 cm³/mol. The number of hydrogen-bond acceptors (Lipinski definition) is 9. The molecule has 8 nitrogen and oxygen atoms in total. The fraction of sp³-hybridized carbons (Fsp3) is 0.333. The molecule has 1 N–H and O–H groups in total. The van der Waals surface area contributed by atoms with Crippen LogP contribution in [0.3, 0.4) is 0 Å². The fourth-order valence-electron chi connectivity index (χ4n) is 7.73. The number of carbonyl (C=O) groups excluding carboxylic acids is 3. The second-order valence-corrected chi connectivity index (χ2v) is 16.2. The van der Waals surface area contributed by atoms with E-state index < -0.39 is 22.9 Å². The third kappa shape index (κ3) is 6.06. The number of allylic oxidation sites excluding steroid dienone is 2. The van der Waals surface area contributed by atoms with Crippen LogP contribution in [0.4, 0.5) is 11.4 Å². The van der Waals surface area contributed by atoms with E-state index >= 15 is 0 Å². The van der Waals surface area contributed by atoms with Crippen molar-refractivity contribution in [1.29, 1.82) is 0 Å². The lowest BCUT2D eigenvalue weighted by Crippen LogP contribution is -2.46. The molecule has 2 aromatic heterocycles. The molecule has 2 unspecified atom stereocenters. The van der Waals surface area contributed by atoms with E-state index in [0.29, 0.717) is 0 Å². The number of rotatable bonds is 10. The van der Waals surface area contributed by atoms with Crippen LogP contribution in [0.5, 0.6) is 0 Å². The number of thiophene rings is 2. The van der Waals surface area contributed by atoms with Gasteiger partial charge in [0.05, 0.1) is 30.7 Å². The molecule has 1 aliphatic carbocycles. The zero-order chi connectivity index (χ0) is 36.9. The molecule has 268 valence electrons. The van der Waals surface area contributed by atoms with Crippen molar-refractivity contribution >= 4 is 57.5 Å². The molecular formula is C42H43N2O6S2+. The zero-order valence-electron chi connectivity index (χ0n) is 30.3. The van der Waals surface area contributed by atoms with Crippen LogP contribution in [0.1, 0.15) is 52.7 Å². The lowest BCUT2D eigenvalue weighted by atomic mass is 9.71. The van der Waals surface area contributed by atoms with Gasteiger partial charge < -0.3 is 19.5 Å². The molecule has 0 bridgehead atoms. The second-order valence-electron chi connectivity index (χ2n) is 14.3. The number of fused-ring (bicyclic) bond motifs is 2. The number of aliphatic hydroxyl groups is 1. The molecule has 2 aliphatic heterocycles. The molecule has 2 atom stereocenters. The Balaban J connectivity index is 1.25. The predicted octanol–water partition coefficient (Wildman–Crippen LogP) is 7.81. The van der Waals surface area contributed by atoms with Gasteiger partial charge in [-0.1, -0.05) is 38.1 Å². The highest BCUT2D eigenvalue weighted by Crippen LogP contribution is 2.51. The third-order valence-corrected chi connectivity index (χ3v) is 12.3. The summed E-state index contributed by atoms with van der Waals surface area (Å²) in [6.45, 7) is 12.3. The van der Waals surface area contributed by atoms with E-state index in [1.165, 1.54) is 0 Å². The molecule has 52 heavy (non-hydrogen) atoms. The van der Waals surface area contributed by atoms with E-state index in [9.17, 15) is 19.5 Å². The van der Waals surface area contributed by atoms with E-state index in [-0.39, 0.29) is 49.6 Å². The SMILES string of the molecule is CCOC(=O)CN1C(=CC2C(=O)C(=CC3=[N+](CC(=O)OCC)c4ccc(-c5cccs5)cc4C3(C)C)C2O)C(C)(C)c2cc(-c3cccs3)ccc21. The van der Waals surface area contributed by atoms with Crippen LogP contribution >= 0.6 is 22.7 Å². The number of ether oxygens (including phenoxy) is 2. The van der Waals surface area contributed by atoms with Crippen molar-refractivity contribution in [2.45, 2.75) is 58.5 Å². The maximum absolute atomic E-state index is 14.1. The molecule has 1 fully saturated rings. The summed E-state index contributed by atoms with van der Waals surface area (Å²) in [5, 5.41) is 15.8. The average Bonchev–Trinajstić information content (AvgIpc) is 3.91. The molecule has 0 spiro atoms.